The van der Waals surface area contributed by atoms with Crippen molar-refractivity contribution >= 4 is 35.2 Å². The van der Waals surface area contributed by atoms with Gasteiger partial charge < -0.3 is 10.2 Å². The number of nitrogens with zero attached hydrogens (tertiary/aromatic N) is 2. The second-order valence-electron chi connectivity index (χ2n) is 11.1. The van der Waals surface area contributed by atoms with Crippen molar-refractivity contribution in [3.63, 3.8) is 0 Å². The predicted molar refractivity (Wildman–Crippen MR) is 153 cm³/mol. The highest BCUT2D eigenvalue weighted by Gasteiger charge is 2.47. The monoisotopic (exact) mass is 561 g/mol. The first-order valence-electron chi connectivity index (χ1n) is 14.3. The highest BCUT2D eigenvalue weighted by molar-refractivity contribution is 6.30. The number of allylic oxidation sites excluding steroid dienone is 2. The molecule has 0 spiro atoms. The molecule has 1 N–H and O–H groups in total. The van der Waals surface area contributed by atoms with Crippen LogP contribution in [0.4, 0.5) is 0 Å². The molecular weight excluding hydrogens is 526 g/mol. The van der Waals surface area contributed by atoms with E-state index in [1.807, 2.05) is 54.6 Å². The first-order valence-corrected chi connectivity index (χ1v) is 14.7. The first-order chi connectivity index (χ1) is 19.4. The maximum Gasteiger partial charge on any atom is 0.243 e. The zero-order valence-electron chi connectivity index (χ0n) is 22.6. The van der Waals surface area contributed by atoms with Crippen LogP contribution in [0.3, 0.4) is 0 Å². The van der Waals surface area contributed by atoms with Crippen LogP contribution in [0.5, 0.6) is 0 Å². The van der Waals surface area contributed by atoms with E-state index in [-0.39, 0.29) is 61.0 Å². The Morgan fingerprint density at radius 2 is 1.57 bits per heavy atom. The maximum absolute atomic E-state index is 13.9. The van der Waals surface area contributed by atoms with Gasteiger partial charge in [0, 0.05) is 37.0 Å². The lowest BCUT2D eigenvalue weighted by Crippen LogP contribution is -2.52. The summed E-state index contributed by atoms with van der Waals surface area (Å²) in [6, 6.07) is 16.3. The summed E-state index contributed by atoms with van der Waals surface area (Å²) in [7, 11) is 0. The molecule has 0 radical (unpaired) electrons. The van der Waals surface area contributed by atoms with Crippen molar-refractivity contribution in [2.24, 2.45) is 11.8 Å². The number of fused-ring (bicyclic) bond motifs is 1. The third kappa shape index (κ3) is 6.47. The minimum Gasteiger partial charge on any atom is -0.352 e. The van der Waals surface area contributed by atoms with E-state index in [1.165, 1.54) is 4.90 Å². The Balaban J connectivity index is 1.39. The van der Waals surface area contributed by atoms with Gasteiger partial charge in [0.05, 0.1) is 11.8 Å². The van der Waals surface area contributed by atoms with E-state index in [2.05, 4.69) is 5.32 Å². The predicted octanol–water partition coefficient (Wildman–Crippen LogP) is 4.68. The molecule has 1 saturated carbocycles. The summed E-state index contributed by atoms with van der Waals surface area (Å²) in [5.41, 5.74) is 1.75. The molecule has 7 nitrogen and oxygen atoms in total. The van der Waals surface area contributed by atoms with Crippen molar-refractivity contribution < 1.29 is 19.2 Å². The molecule has 4 amide bonds. The van der Waals surface area contributed by atoms with Crippen LogP contribution < -0.4 is 5.32 Å². The van der Waals surface area contributed by atoms with Crippen LogP contribution in [0.15, 0.2) is 66.7 Å². The fourth-order valence-corrected chi connectivity index (χ4v) is 6.41. The number of amides is 4. The number of likely N-dealkylation sites (tertiary alicyclic amines) is 1. The molecule has 40 heavy (non-hydrogen) atoms. The van der Waals surface area contributed by atoms with Crippen LogP contribution in [-0.2, 0) is 32.1 Å². The van der Waals surface area contributed by atoms with Crippen LogP contribution in [0, 0.1) is 11.8 Å². The van der Waals surface area contributed by atoms with Gasteiger partial charge in [0.15, 0.2) is 0 Å². The largest absolute Gasteiger partial charge is 0.352 e. The minimum absolute atomic E-state index is 0.0118. The number of hydrogen-bond acceptors (Lipinski definition) is 4. The third-order valence-electron chi connectivity index (χ3n) is 8.36. The molecule has 0 bridgehead atoms. The van der Waals surface area contributed by atoms with Crippen molar-refractivity contribution in [1.29, 1.82) is 0 Å². The quantitative estimate of drug-likeness (QED) is 0.337. The van der Waals surface area contributed by atoms with E-state index in [9.17, 15) is 19.2 Å². The van der Waals surface area contributed by atoms with Crippen LogP contribution in [-0.4, -0.2) is 52.1 Å². The number of rotatable bonds is 10. The summed E-state index contributed by atoms with van der Waals surface area (Å²) in [6.45, 7) is 0.198. The van der Waals surface area contributed by atoms with Gasteiger partial charge in [0.1, 0.15) is 6.04 Å². The third-order valence-corrected chi connectivity index (χ3v) is 8.60. The van der Waals surface area contributed by atoms with Gasteiger partial charge in [0.2, 0.25) is 23.6 Å². The molecule has 0 unspecified atom stereocenters. The van der Waals surface area contributed by atoms with Crippen LogP contribution in [0.25, 0.3) is 0 Å². The number of carbonyl (C=O) groups excluding carboxylic acids is 4. The average molecular weight is 562 g/mol. The highest BCUT2D eigenvalue weighted by Crippen LogP contribution is 2.35. The van der Waals surface area contributed by atoms with Gasteiger partial charge in [-0.15, -0.1) is 0 Å². The first kappa shape index (κ1) is 28.1. The molecule has 2 aromatic carbocycles. The molecule has 210 valence electrons. The number of nitrogens with one attached hydrogen (secondary N) is 1. The van der Waals surface area contributed by atoms with Crippen LogP contribution >= 0.6 is 11.6 Å². The molecule has 5 rings (SSSR count). The topological polar surface area (TPSA) is 86.8 Å². The Kier molecular flexibility index (Phi) is 9.00. The summed E-state index contributed by atoms with van der Waals surface area (Å²) in [6.07, 6.45) is 9.34. The molecule has 3 aliphatic rings. The number of carbonyl (C=O) groups is 4. The molecule has 1 aliphatic heterocycles. The Bertz CT molecular complexity index is 1250. The van der Waals surface area contributed by atoms with Crippen molar-refractivity contribution in [1.82, 2.24) is 15.1 Å². The zero-order chi connectivity index (χ0) is 28.1. The summed E-state index contributed by atoms with van der Waals surface area (Å²) in [5.74, 6) is -1.54. The standard InChI is InChI=1S/C32H36ClN3O4/c33-24-12-8-11-23(19-24)21-36(29(37)17-18-35-31(39)26-15-6-7-16-27(26)32(35)40)28(20-22-9-2-1-3-10-22)30(38)34-25-13-4-5-14-25/h1-3,6-12,19,25-28H,4-5,13-18,20-21H2,(H,34,38)/t26-,27+,28-/m0/s1. The van der Waals surface area contributed by atoms with Gasteiger partial charge in [-0.05, 0) is 48.9 Å². The normalized spacial score (nSPS) is 21.4. The molecular formula is C32H36ClN3O4. The molecule has 2 aromatic rings. The van der Waals surface area contributed by atoms with E-state index in [0.717, 1.165) is 36.8 Å². The number of hydrogen-bond donors (Lipinski definition) is 1. The SMILES string of the molecule is O=C(NC1CCCC1)[C@H](Cc1ccccc1)N(Cc1cccc(Cl)c1)C(=O)CCN1C(=O)[C@H]2CC=CC[C@H]2C1=O. The van der Waals surface area contributed by atoms with Gasteiger partial charge in [-0.2, -0.15) is 0 Å². The zero-order valence-corrected chi connectivity index (χ0v) is 23.4. The molecule has 2 aliphatic carbocycles. The maximum atomic E-state index is 13.9. The van der Waals surface area contributed by atoms with Crippen molar-refractivity contribution in [2.75, 3.05) is 6.54 Å². The lowest BCUT2D eigenvalue weighted by atomic mass is 9.85. The van der Waals surface area contributed by atoms with Gasteiger partial charge in [-0.1, -0.05) is 79.1 Å². The lowest BCUT2D eigenvalue weighted by Gasteiger charge is -2.33. The Hall–Kier alpha value is -3.45. The lowest BCUT2D eigenvalue weighted by molar-refractivity contribution is -0.144. The number of imide groups is 1. The molecule has 1 heterocycles. The molecule has 2 fully saturated rings. The second kappa shape index (κ2) is 12.8. The molecule has 3 atom stereocenters. The fraction of sp³-hybridized carbons (Fsp3) is 0.438. The molecule has 8 heteroatoms. The summed E-state index contributed by atoms with van der Waals surface area (Å²) in [5, 5.41) is 3.74. The van der Waals surface area contributed by atoms with E-state index >= 15 is 0 Å². The fourth-order valence-electron chi connectivity index (χ4n) is 6.19. The molecule has 0 aromatic heterocycles. The van der Waals surface area contributed by atoms with E-state index in [0.29, 0.717) is 24.3 Å². The highest BCUT2D eigenvalue weighted by atomic mass is 35.5. The summed E-state index contributed by atoms with van der Waals surface area (Å²) in [4.78, 5) is 56.6. The van der Waals surface area contributed by atoms with Gasteiger partial charge >= 0.3 is 0 Å². The summed E-state index contributed by atoms with van der Waals surface area (Å²) >= 11 is 6.26. The number of benzene rings is 2. The molecule has 1 saturated heterocycles. The minimum atomic E-state index is -0.758. The van der Waals surface area contributed by atoms with E-state index < -0.39 is 6.04 Å². The Morgan fingerprint density at radius 3 is 2.23 bits per heavy atom. The average Bonchev–Trinajstić information content (AvgIpc) is 3.56. The van der Waals surface area contributed by atoms with Crippen molar-refractivity contribution in [2.45, 2.75) is 70.0 Å². The van der Waals surface area contributed by atoms with Crippen molar-refractivity contribution in [3.8, 4) is 0 Å². The van der Waals surface area contributed by atoms with Gasteiger partial charge in [-0.25, -0.2) is 0 Å². The van der Waals surface area contributed by atoms with Crippen molar-refractivity contribution in [3.05, 3.63) is 82.9 Å². The van der Waals surface area contributed by atoms with Crippen LogP contribution in [0.2, 0.25) is 5.02 Å². The summed E-state index contributed by atoms with van der Waals surface area (Å²) < 4.78 is 0. The van der Waals surface area contributed by atoms with Gasteiger partial charge in [-0.3, -0.25) is 24.1 Å². The second-order valence-corrected chi connectivity index (χ2v) is 11.5. The van der Waals surface area contributed by atoms with Crippen LogP contribution in [0.1, 0.15) is 56.1 Å². The van der Waals surface area contributed by atoms with E-state index in [1.54, 1.807) is 17.0 Å². The van der Waals surface area contributed by atoms with E-state index in [4.69, 9.17) is 11.6 Å². The Morgan fingerprint density at radius 1 is 0.925 bits per heavy atom. The Labute approximate surface area is 240 Å². The number of halogens is 1. The van der Waals surface area contributed by atoms with Gasteiger partial charge in [0.25, 0.3) is 0 Å². The smallest absolute Gasteiger partial charge is 0.243 e.